The third-order valence-corrected chi connectivity index (χ3v) is 4.10. The van der Waals surface area contributed by atoms with Gasteiger partial charge in [-0.15, -0.1) is 0 Å². The van der Waals surface area contributed by atoms with E-state index < -0.39 is 10.2 Å². The smallest absolute Gasteiger partial charge is 0.301 e. The third kappa shape index (κ3) is 3.97. The Bertz CT molecular complexity index is 469. The minimum absolute atomic E-state index is 0.259. The third-order valence-electron chi connectivity index (χ3n) is 2.65. The maximum absolute atomic E-state index is 11.6. The number of rotatable bonds is 6. The van der Waals surface area contributed by atoms with Gasteiger partial charge in [-0.05, 0) is 31.2 Å². The van der Waals surface area contributed by atoms with Crippen LogP contribution in [-0.4, -0.2) is 33.4 Å². The molecule has 18 heavy (non-hydrogen) atoms. The maximum atomic E-state index is 11.6. The molecule has 2 N–H and O–H groups in total. The highest BCUT2D eigenvalue weighted by atomic mass is 32.2. The van der Waals surface area contributed by atoms with Crippen LogP contribution >= 0.6 is 0 Å². The first-order valence-corrected chi connectivity index (χ1v) is 7.34. The molecule has 0 aliphatic heterocycles. The van der Waals surface area contributed by atoms with Crippen molar-refractivity contribution in [3.63, 3.8) is 0 Å². The van der Waals surface area contributed by atoms with Crippen molar-refractivity contribution in [1.29, 1.82) is 0 Å². The van der Waals surface area contributed by atoms with E-state index in [-0.39, 0.29) is 6.04 Å². The van der Waals surface area contributed by atoms with E-state index in [9.17, 15) is 8.42 Å². The van der Waals surface area contributed by atoms with E-state index in [1.807, 2.05) is 12.1 Å². The molecule has 1 rings (SSSR count). The molecule has 0 aliphatic rings. The lowest BCUT2D eigenvalue weighted by atomic mass is 10.1. The van der Waals surface area contributed by atoms with Crippen molar-refractivity contribution < 1.29 is 8.42 Å². The highest BCUT2D eigenvalue weighted by Gasteiger charge is 2.12. The second-order valence-corrected chi connectivity index (χ2v) is 6.18. The summed E-state index contributed by atoms with van der Waals surface area (Å²) in [7, 11) is -0.447. The van der Waals surface area contributed by atoms with Crippen molar-refractivity contribution in [2.24, 2.45) is 0 Å². The molecule has 1 aromatic carbocycles. The minimum Gasteiger partial charge on any atom is -0.310 e. The summed E-state index contributed by atoms with van der Waals surface area (Å²) in [5, 5.41) is 3.30. The molecule has 0 saturated heterocycles. The zero-order valence-electron chi connectivity index (χ0n) is 11.3. The number of anilines is 1. The van der Waals surface area contributed by atoms with Gasteiger partial charge in [0.15, 0.2) is 0 Å². The molecule has 0 aromatic heterocycles. The van der Waals surface area contributed by atoms with Crippen LogP contribution in [0.4, 0.5) is 5.69 Å². The van der Waals surface area contributed by atoms with Crippen LogP contribution in [0.25, 0.3) is 0 Å². The van der Waals surface area contributed by atoms with E-state index in [4.69, 9.17) is 0 Å². The van der Waals surface area contributed by atoms with E-state index in [2.05, 4.69) is 23.9 Å². The Morgan fingerprint density at radius 3 is 2.22 bits per heavy atom. The van der Waals surface area contributed by atoms with Gasteiger partial charge >= 0.3 is 10.2 Å². The summed E-state index contributed by atoms with van der Waals surface area (Å²) < 4.78 is 26.9. The van der Waals surface area contributed by atoms with Gasteiger partial charge in [-0.2, -0.15) is 12.7 Å². The Balaban J connectivity index is 2.78. The van der Waals surface area contributed by atoms with E-state index in [0.717, 1.165) is 16.4 Å². The molecule has 102 valence electrons. The van der Waals surface area contributed by atoms with E-state index in [1.165, 1.54) is 14.1 Å². The van der Waals surface area contributed by atoms with E-state index >= 15 is 0 Å². The SMILES string of the molecule is CCNC(C)c1ccc(NS(=O)(=O)N(C)C)cc1. The standard InChI is InChI=1S/C12H21N3O2S/c1-5-13-10(2)11-6-8-12(9-7-11)14-18(16,17)15(3)4/h6-10,13-14H,5H2,1-4H3. The predicted octanol–water partition coefficient (Wildman–Crippen LogP) is 1.58. The van der Waals surface area contributed by atoms with Crippen molar-refractivity contribution >= 4 is 15.9 Å². The quantitative estimate of drug-likeness (QED) is 0.825. The number of benzene rings is 1. The summed E-state index contributed by atoms with van der Waals surface area (Å²) in [6.07, 6.45) is 0. The fourth-order valence-electron chi connectivity index (χ4n) is 1.50. The van der Waals surface area contributed by atoms with Crippen LogP contribution in [0.3, 0.4) is 0 Å². The number of hydrogen-bond acceptors (Lipinski definition) is 3. The van der Waals surface area contributed by atoms with Crippen molar-refractivity contribution in [2.75, 3.05) is 25.4 Å². The molecule has 0 fully saturated rings. The fourth-order valence-corrected chi connectivity index (χ4v) is 2.12. The Kier molecular flexibility index (Phi) is 5.13. The van der Waals surface area contributed by atoms with Gasteiger partial charge in [-0.25, -0.2) is 0 Å². The summed E-state index contributed by atoms with van der Waals surface area (Å²) in [5.41, 5.74) is 1.70. The van der Waals surface area contributed by atoms with Crippen LogP contribution in [0.5, 0.6) is 0 Å². The Labute approximate surface area is 109 Å². The first-order chi connectivity index (χ1) is 8.36. The monoisotopic (exact) mass is 271 g/mol. The molecule has 0 bridgehead atoms. The zero-order valence-corrected chi connectivity index (χ0v) is 12.1. The van der Waals surface area contributed by atoms with Crippen LogP contribution in [0.15, 0.2) is 24.3 Å². The average molecular weight is 271 g/mol. The van der Waals surface area contributed by atoms with Crippen molar-refractivity contribution in [2.45, 2.75) is 19.9 Å². The molecule has 6 heteroatoms. The van der Waals surface area contributed by atoms with Crippen LogP contribution < -0.4 is 10.0 Å². The van der Waals surface area contributed by atoms with Crippen LogP contribution in [-0.2, 0) is 10.2 Å². The molecule has 0 saturated carbocycles. The van der Waals surface area contributed by atoms with E-state index in [1.54, 1.807) is 12.1 Å². The van der Waals surface area contributed by atoms with Gasteiger partial charge in [-0.3, -0.25) is 4.72 Å². The highest BCUT2D eigenvalue weighted by molar-refractivity contribution is 7.90. The Morgan fingerprint density at radius 2 is 1.78 bits per heavy atom. The molecule has 1 atom stereocenters. The number of hydrogen-bond donors (Lipinski definition) is 2. The Hall–Kier alpha value is -1.11. The van der Waals surface area contributed by atoms with Crippen molar-refractivity contribution in [3.05, 3.63) is 29.8 Å². The van der Waals surface area contributed by atoms with Gasteiger partial charge in [0.05, 0.1) is 0 Å². The fraction of sp³-hybridized carbons (Fsp3) is 0.500. The van der Waals surface area contributed by atoms with E-state index in [0.29, 0.717) is 5.69 Å². The maximum Gasteiger partial charge on any atom is 0.301 e. The molecular weight excluding hydrogens is 250 g/mol. The molecule has 0 radical (unpaired) electrons. The van der Waals surface area contributed by atoms with Gasteiger partial charge in [0.25, 0.3) is 0 Å². The first-order valence-electron chi connectivity index (χ1n) is 5.90. The second-order valence-electron chi connectivity index (χ2n) is 4.29. The van der Waals surface area contributed by atoms with Crippen molar-refractivity contribution in [1.82, 2.24) is 9.62 Å². The molecule has 1 unspecified atom stereocenters. The lowest BCUT2D eigenvalue weighted by Gasteiger charge is -2.15. The van der Waals surface area contributed by atoms with Gasteiger partial charge in [0, 0.05) is 25.8 Å². The molecular formula is C12H21N3O2S. The summed E-state index contributed by atoms with van der Waals surface area (Å²) in [4.78, 5) is 0. The largest absolute Gasteiger partial charge is 0.310 e. The van der Waals surface area contributed by atoms with Crippen LogP contribution in [0, 0.1) is 0 Å². The average Bonchev–Trinajstić information content (AvgIpc) is 2.29. The van der Waals surface area contributed by atoms with Crippen LogP contribution in [0.2, 0.25) is 0 Å². The summed E-state index contributed by atoms with van der Waals surface area (Å²) in [6.45, 7) is 5.02. The normalized spacial score (nSPS) is 13.6. The molecule has 1 aromatic rings. The van der Waals surface area contributed by atoms with Crippen molar-refractivity contribution in [3.8, 4) is 0 Å². The number of nitrogens with zero attached hydrogens (tertiary/aromatic N) is 1. The summed E-state index contributed by atoms with van der Waals surface area (Å²) in [5.74, 6) is 0. The summed E-state index contributed by atoms with van der Waals surface area (Å²) >= 11 is 0. The van der Waals surface area contributed by atoms with Gasteiger partial charge in [-0.1, -0.05) is 19.1 Å². The predicted molar refractivity (Wildman–Crippen MR) is 74.8 cm³/mol. The lowest BCUT2D eigenvalue weighted by Crippen LogP contribution is -2.28. The zero-order chi connectivity index (χ0) is 13.8. The van der Waals surface area contributed by atoms with Gasteiger partial charge < -0.3 is 5.32 Å². The Morgan fingerprint density at radius 1 is 1.22 bits per heavy atom. The van der Waals surface area contributed by atoms with Gasteiger partial charge in [0.1, 0.15) is 0 Å². The molecule has 0 amide bonds. The molecule has 5 nitrogen and oxygen atoms in total. The van der Waals surface area contributed by atoms with Gasteiger partial charge in [0.2, 0.25) is 0 Å². The summed E-state index contributed by atoms with van der Waals surface area (Å²) in [6, 6.07) is 7.63. The lowest BCUT2D eigenvalue weighted by molar-refractivity contribution is 0.527. The molecule has 0 heterocycles. The first kappa shape index (κ1) is 14.9. The minimum atomic E-state index is -3.43. The highest BCUT2D eigenvalue weighted by Crippen LogP contribution is 2.17. The van der Waals surface area contributed by atoms with Crippen LogP contribution in [0.1, 0.15) is 25.5 Å². The molecule has 0 aliphatic carbocycles. The topological polar surface area (TPSA) is 61.4 Å². The second kappa shape index (κ2) is 6.17. The molecule has 0 spiro atoms. The number of nitrogens with one attached hydrogen (secondary N) is 2.